The number of aromatic nitrogens is 2. The van der Waals surface area contributed by atoms with E-state index < -0.39 is 15.9 Å². The normalized spacial score (nSPS) is 23.3. The van der Waals surface area contributed by atoms with Crippen LogP contribution in [-0.4, -0.2) is 63.7 Å². The van der Waals surface area contributed by atoms with Gasteiger partial charge < -0.3 is 15.4 Å². The Balaban J connectivity index is 1.17. The van der Waals surface area contributed by atoms with E-state index in [2.05, 4.69) is 31.4 Å². The highest BCUT2D eigenvalue weighted by molar-refractivity contribution is 7.91. The first-order valence-electron chi connectivity index (χ1n) is 12.1. The predicted molar refractivity (Wildman–Crippen MR) is 128 cm³/mol. The average molecular weight is 486 g/mol. The predicted octanol–water partition coefficient (Wildman–Crippen LogP) is 1.67. The molecule has 182 valence electrons. The Morgan fingerprint density at radius 2 is 1.85 bits per heavy atom. The lowest BCUT2D eigenvalue weighted by Crippen LogP contribution is -2.62. The minimum Gasteiger partial charge on any atom is -0.475 e. The summed E-state index contributed by atoms with van der Waals surface area (Å²) in [5.41, 5.74) is 5.85. The van der Waals surface area contributed by atoms with Gasteiger partial charge in [-0.25, -0.2) is 23.2 Å². The van der Waals surface area contributed by atoms with Gasteiger partial charge in [-0.15, -0.1) is 0 Å². The molecule has 6 rings (SSSR count). The first kappa shape index (κ1) is 21.9. The van der Waals surface area contributed by atoms with Crippen LogP contribution in [0.3, 0.4) is 0 Å². The lowest BCUT2D eigenvalue weighted by atomic mass is 9.99. The maximum Gasteiger partial charge on any atom is 0.331 e. The van der Waals surface area contributed by atoms with Crippen LogP contribution in [0.1, 0.15) is 35.1 Å². The Bertz CT molecular complexity index is 1220. The summed E-state index contributed by atoms with van der Waals surface area (Å²) < 4.78 is 31.7. The molecule has 4 aliphatic rings. The Hall–Kier alpha value is -2.63. The second-order valence-corrected chi connectivity index (χ2v) is 11.5. The molecule has 11 heteroatoms. The number of aryl methyl sites for hydroxylation is 2. The van der Waals surface area contributed by atoms with Crippen molar-refractivity contribution in [1.29, 1.82) is 4.78 Å². The van der Waals surface area contributed by atoms with Gasteiger partial charge in [0.2, 0.25) is 5.88 Å². The number of hydrogen-bond donors (Lipinski definition) is 4. The first-order valence-corrected chi connectivity index (χ1v) is 13.6. The van der Waals surface area contributed by atoms with E-state index in [-0.39, 0.29) is 10.9 Å². The molecule has 2 amide bonds. The molecule has 2 unspecified atom stereocenters. The fourth-order valence-electron chi connectivity index (χ4n) is 5.76. The fourth-order valence-corrected chi connectivity index (χ4v) is 6.79. The van der Waals surface area contributed by atoms with Gasteiger partial charge in [-0.1, -0.05) is 6.07 Å². The summed E-state index contributed by atoms with van der Waals surface area (Å²) >= 11 is 0. The van der Waals surface area contributed by atoms with Crippen LogP contribution in [0.5, 0.6) is 5.88 Å². The van der Waals surface area contributed by atoms with Crippen molar-refractivity contribution in [3.05, 3.63) is 34.5 Å². The number of fused-ring (bicyclic) bond motifs is 3. The summed E-state index contributed by atoms with van der Waals surface area (Å²) in [4.78, 5) is 15.4. The van der Waals surface area contributed by atoms with Gasteiger partial charge in [0, 0.05) is 24.8 Å². The molecule has 1 saturated heterocycles. The molecule has 1 aromatic carbocycles. The van der Waals surface area contributed by atoms with Gasteiger partial charge in [0.25, 0.3) is 0 Å². The first-order chi connectivity index (χ1) is 16.4. The van der Waals surface area contributed by atoms with E-state index in [1.807, 2.05) is 7.05 Å². The molecule has 0 radical (unpaired) electrons. The summed E-state index contributed by atoms with van der Waals surface area (Å²) in [6, 6.07) is 2.35. The summed E-state index contributed by atoms with van der Waals surface area (Å²) in [5.74, 6) is 0.309. The van der Waals surface area contributed by atoms with Gasteiger partial charge in [-0.3, -0.25) is 4.90 Å². The van der Waals surface area contributed by atoms with Crippen molar-refractivity contribution in [1.82, 2.24) is 24.7 Å². The van der Waals surface area contributed by atoms with Crippen molar-refractivity contribution >= 4 is 21.6 Å². The van der Waals surface area contributed by atoms with Crippen LogP contribution in [0.2, 0.25) is 0 Å². The third kappa shape index (κ3) is 3.66. The summed E-state index contributed by atoms with van der Waals surface area (Å²) in [5, 5.41) is 10.5. The molecule has 2 aromatic rings. The third-order valence-corrected chi connectivity index (χ3v) is 9.02. The zero-order valence-electron chi connectivity index (χ0n) is 19.4. The molecule has 0 bridgehead atoms. The number of benzene rings is 1. The van der Waals surface area contributed by atoms with Crippen molar-refractivity contribution in [2.75, 3.05) is 32.1 Å². The number of hydrogen-bond acceptors (Lipinski definition) is 7. The standard InChI is InChI=1S/C23H31N7O3S/c1-25-16-10-29(11-16)17-12-30-22(33-13-17)20(9-26-30)34(24,32)28-23(31)27-21-18-6-2-4-14(18)8-15-5-3-7-19(15)21/h8-9,16-17,25H,2-7,10-13H2,1H3,(H3,24,27,28,31,32). The van der Waals surface area contributed by atoms with Crippen molar-refractivity contribution in [2.24, 2.45) is 0 Å². The van der Waals surface area contributed by atoms with E-state index in [1.54, 1.807) is 4.68 Å². The highest BCUT2D eigenvalue weighted by Gasteiger charge is 2.36. The molecule has 4 N–H and O–H groups in total. The number of likely N-dealkylation sites (tertiary alicyclic amines) is 1. The molecule has 2 aliphatic heterocycles. The molecule has 10 nitrogen and oxygen atoms in total. The zero-order chi connectivity index (χ0) is 23.4. The largest absolute Gasteiger partial charge is 0.475 e. The number of nitrogens with zero attached hydrogens (tertiary/aromatic N) is 3. The topological polar surface area (TPSA) is 124 Å². The van der Waals surface area contributed by atoms with E-state index in [4.69, 9.17) is 9.52 Å². The van der Waals surface area contributed by atoms with E-state index in [0.29, 0.717) is 25.1 Å². The second kappa shape index (κ2) is 8.24. The number of nitrogens with one attached hydrogen (secondary N) is 4. The lowest BCUT2D eigenvalue weighted by molar-refractivity contribution is 0.0210. The number of likely N-dealkylation sites (N-methyl/N-ethyl adjacent to an activating group) is 1. The number of rotatable bonds is 5. The van der Waals surface area contributed by atoms with Gasteiger partial charge in [-0.2, -0.15) is 5.10 Å². The fraction of sp³-hybridized carbons (Fsp3) is 0.565. The van der Waals surface area contributed by atoms with Crippen molar-refractivity contribution in [3.63, 3.8) is 0 Å². The van der Waals surface area contributed by atoms with Crippen LogP contribution in [0, 0.1) is 4.78 Å². The molecule has 0 saturated carbocycles. The van der Waals surface area contributed by atoms with Crippen LogP contribution < -0.4 is 20.1 Å². The van der Waals surface area contributed by atoms with Crippen LogP contribution in [0.4, 0.5) is 10.5 Å². The van der Waals surface area contributed by atoms with E-state index >= 15 is 0 Å². The second-order valence-electron chi connectivity index (χ2n) is 9.75. The van der Waals surface area contributed by atoms with Crippen molar-refractivity contribution in [3.8, 4) is 5.88 Å². The minimum atomic E-state index is -3.64. The zero-order valence-corrected chi connectivity index (χ0v) is 20.2. The lowest BCUT2D eigenvalue weighted by Gasteiger charge is -2.45. The molecule has 2 atom stereocenters. The number of anilines is 1. The molecule has 34 heavy (non-hydrogen) atoms. The Labute approximate surface area is 199 Å². The third-order valence-electron chi connectivity index (χ3n) is 7.65. The van der Waals surface area contributed by atoms with Gasteiger partial charge in [0.05, 0.1) is 18.8 Å². The number of urea groups is 1. The van der Waals surface area contributed by atoms with Gasteiger partial charge in [0.1, 0.15) is 11.5 Å². The summed E-state index contributed by atoms with van der Waals surface area (Å²) in [6.45, 7) is 2.96. The van der Waals surface area contributed by atoms with Gasteiger partial charge in [0.15, 0.2) is 9.92 Å². The van der Waals surface area contributed by atoms with E-state index in [1.165, 1.54) is 28.5 Å². The van der Waals surface area contributed by atoms with Crippen LogP contribution >= 0.6 is 0 Å². The average Bonchev–Trinajstić information content (AvgIpc) is 3.51. The minimum absolute atomic E-state index is 0.112. The van der Waals surface area contributed by atoms with Crippen molar-refractivity contribution in [2.45, 2.75) is 62.0 Å². The molecule has 1 fully saturated rings. The molecule has 0 spiro atoms. The molecular weight excluding hydrogens is 454 g/mol. The molecular formula is C23H31N7O3S. The number of ether oxygens (including phenoxy) is 1. The maximum atomic E-state index is 13.3. The van der Waals surface area contributed by atoms with Gasteiger partial charge >= 0.3 is 6.03 Å². The van der Waals surface area contributed by atoms with E-state index in [0.717, 1.165) is 57.3 Å². The Morgan fingerprint density at radius 1 is 1.15 bits per heavy atom. The highest BCUT2D eigenvalue weighted by Crippen LogP contribution is 2.38. The number of carbonyl (C=O) groups excluding carboxylic acids is 1. The SMILES string of the molecule is CNC1CN(C2COc3c(S(=N)(=O)NC(=O)Nc4c5c(cc6c4CCC6)CCC5)cnn3C2)C1. The van der Waals surface area contributed by atoms with Crippen LogP contribution in [0.15, 0.2) is 17.2 Å². The van der Waals surface area contributed by atoms with Gasteiger partial charge in [-0.05, 0) is 67.8 Å². The molecule has 1 aromatic heterocycles. The maximum absolute atomic E-state index is 13.3. The Morgan fingerprint density at radius 3 is 2.53 bits per heavy atom. The van der Waals surface area contributed by atoms with Crippen LogP contribution in [-0.2, 0) is 42.1 Å². The van der Waals surface area contributed by atoms with E-state index in [9.17, 15) is 9.00 Å². The number of amides is 2. The monoisotopic (exact) mass is 485 g/mol. The van der Waals surface area contributed by atoms with Crippen molar-refractivity contribution < 1.29 is 13.7 Å². The highest BCUT2D eigenvalue weighted by atomic mass is 32.2. The smallest absolute Gasteiger partial charge is 0.331 e. The quantitative estimate of drug-likeness (QED) is 0.511. The van der Waals surface area contributed by atoms with Crippen LogP contribution in [0.25, 0.3) is 0 Å². The number of carbonyl (C=O) groups is 1. The molecule has 3 heterocycles. The summed E-state index contributed by atoms with van der Waals surface area (Å²) in [7, 11) is -1.68. The summed E-state index contributed by atoms with van der Waals surface area (Å²) in [6.07, 6.45) is 7.48. The Kier molecular flexibility index (Phi) is 5.30. The molecule has 2 aliphatic carbocycles.